The smallest absolute Gasteiger partial charge is 0.150 e. The predicted octanol–water partition coefficient (Wildman–Crippen LogP) is 2.20. The van der Waals surface area contributed by atoms with Crippen LogP contribution in [-0.2, 0) is 9.84 Å². The third-order valence-electron chi connectivity index (χ3n) is 3.32. The molecule has 1 fully saturated rings. The van der Waals surface area contributed by atoms with Gasteiger partial charge in [0.2, 0.25) is 0 Å². The third kappa shape index (κ3) is 6.67. The second-order valence-electron chi connectivity index (χ2n) is 4.88. The molecule has 1 saturated carbocycles. The Labute approximate surface area is 110 Å². The van der Waals surface area contributed by atoms with Crippen molar-refractivity contribution in [2.45, 2.75) is 56.7 Å². The van der Waals surface area contributed by atoms with Crippen LogP contribution in [0.1, 0.15) is 45.4 Å². The zero-order valence-electron chi connectivity index (χ0n) is 10.7. The van der Waals surface area contributed by atoms with Crippen molar-refractivity contribution < 1.29 is 8.42 Å². The van der Waals surface area contributed by atoms with Gasteiger partial charge in [0, 0.05) is 22.8 Å². The van der Waals surface area contributed by atoms with Crippen molar-refractivity contribution in [3.8, 4) is 0 Å². The van der Waals surface area contributed by atoms with Crippen molar-refractivity contribution in [1.29, 1.82) is 0 Å². The first-order valence-electron chi connectivity index (χ1n) is 6.61. The van der Waals surface area contributed by atoms with E-state index in [1.54, 1.807) is 6.92 Å². The summed E-state index contributed by atoms with van der Waals surface area (Å²) >= 11 is 1.98. The van der Waals surface area contributed by atoms with E-state index in [1.165, 1.54) is 25.7 Å². The predicted molar refractivity (Wildman–Crippen MR) is 76.3 cm³/mol. The molecule has 102 valence electrons. The van der Waals surface area contributed by atoms with Crippen LogP contribution in [0.2, 0.25) is 0 Å². The molecule has 1 aliphatic rings. The van der Waals surface area contributed by atoms with E-state index in [0.717, 1.165) is 17.4 Å². The number of nitrogens with two attached hydrogens (primary N) is 1. The van der Waals surface area contributed by atoms with Crippen LogP contribution in [0.4, 0.5) is 0 Å². The maximum atomic E-state index is 11.3. The highest BCUT2D eigenvalue weighted by Gasteiger charge is 2.16. The van der Waals surface area contributed by atoms with Gasteiger partial charge in [0.05, 0.1) is 5.75 Å². The molecule has 0 aromatic heterocycles. The van der Waals surface area contributed by atoms with Crippen molar-refractivity contribution in [3.05, 3.63) is 0 Å². The first-order valence-corrected chi connectivity index (χ1v) is 9.48. The summed E-state index contributed by atoms with van der Waals surface area (Å²) in [4.78, 5) is 0. The van der Waals surface area contributed by atoms with Crippen molar-refractivity contribution in [1.82, 2.24) is 0 Å². The Kier molecular flexibility index (Phi) is 6.89. The SMILES string of the molecule is CCS(=O)(=O)CCCC(N)CSC1CCCC1. The molecular formula is C12H25NO2S2. The number of sulfone groups is 1. The summed E-state index contributed by atoms with van der Waals surface area (Å²) < 4.78 is 22.6. The molecular weight excluding hydrogens is 254 g/mol. The van der Waals surface area contributed by atoms with Gasteiger partial charge in [-0.1, -0.05) is 19.8 Å². The lowest BCUT2D eigenvalue weighted by molar-refractivity contribution is 0.587. The lowest BCUT2D eigenvalue weighted by Crippen LogP contribution is -2.25. The maximum Gasteiger partial charge on any atom is 0.150 e. The van der Waals surface area contributed by atoms with E-state index in [9.17, 15) is 8.42 Å². The first kappa shape index (κ1) is 15.3. The molecule has 0 aromatic carbocycles. The Bertz CT molecular complexity index is 298. The molecule has 0 heterocycles. The zero-order valence-corrected chi connectivity index (χ0v) is 12.4. The van der Waals surface area contributed by atoms with E-state index in [-0.39, 0.29) is 11.8 Å². The van der Waals surface area contributed by atoms with E-state index in [1.807, 2.05) is 11.8 Å². The third-order valence-corrected chi connectivity index (χ3v) is 6.67. The van der Waals surface area contributed by atoms with Crippen molar-refractivity contribution in [2.75, 3.05) is 17.3 Å². The van der Waals surface area contributed by atoms with Crippen LogP contribution in [-0.4, -0.2) is 37.0 Å². The average Bonchev–Trinajstić information content (AvgIpc) is 2.79. The zero-order chi connectivity index (χ0) is 12.7. The Morgan fingerprint density at radius 3 is 2.59 bits per heavy atom. The molecule has 0 spiro atoms. The summed E-state index contributed by atoms with van der Waals surface area (Å²) in [5, 5.41) is 0.806. The molecule has 3 nitrogen and oxygen atoms in total. The van der Waals surface area contributed by atoms with Crippen LogP contribution >= 0.6 is 11.8 Å². The summed E-state index contributed by atoms with van der Waals surface area (Å²) in [5.74, 6) is 1.53. The summed E-state index contributed by atoms with van der Waals surface area (Å²) in [6, 6.07) is 0.160. The van der Waals surface area contributed by atoms with E-state index in [2.05, 4.69) is 0 Å². The fourth-order valence-electron chi connectivity index (χ4n) is 2.11. The van der Waals surface area contributed by atoms with Gasteiger partial charge in [-0.2, -0.15) is 11.8 Å². The molecule has 1 aliphatic carbocycles. The Morgan fingerprint density at radius 1 is 1.35 bits per heavy atom. The van der Waals surface area contributed by atoms with Gasteiger partial charge in [0.1, 0.15) is 9.84 Å². The molecule has 2 N–H and O–H groups in total. The van der Waals surface area contributed by atoms with Gasteiger partial charge >= 0.3 is 0 Å². The van der Waals surface area contributed by atoms with Crippen molar-refractivity contribution >= 4 is 21.6 Å². The second kappa shape index (κ2) is 7.64. The van der Waals surface area contributed by atoms with Gasteiger partial charge in [-0.25, -0.2) is 8.42 Å². The monoisotopic (exact) mass is 279 g/mol. The fourth-order valence-corrected chi connectivity index (χ4v) is 4.36. The van der Waals surface area contributed by atoms with Crippen LogP contribution in [0, 0.1) is 0 Å². The number of thioether (sulfide) groups is 1. The van der Waals surface area contributed by atoms with Crippen LogP contribution in [0.15, 0.2) is 0 Å². The molecule has 17 heavy (non-hydrogen) atoms. The average molecular weight is 279 g/mol. The minimum absolute atomic E-state index is 0.160. The highest BCUT2D eigenvalue weighted by molar-refractivity contribution is 7.99. The molecule has 0 amide bonds. The van der Waals surface area contributed by atoms with Gasteiger partial charge in [0.25, 0.3) is 0 Å². The van der Waals surface area contributed by atoms with E-state index < -0.39 is 9.84 Å². The van der Waals surface area contributed by atoms with Gasteiger partial charge in [-0.05, 0) is 25.7 Å². The molecule has 0 saturated heterocycles. The lowest BCUT2D eigenvalue weighted by atomic mass is 10.2. The van der Waals surface area contributed by atoms with E-state index in [4.69, 9.17) is 5.73 Å². The highest BCUT2D eigenvalue weighted by atomic mass is 32.2. The molecule has 0 aliphatic heterocycles. The molecule has 0 bridgehead atoms. The largest absolute Gasteiger partial charge is 0.327 e. The molecule has 1 rings (SSSR count). The second-order valence-corrected chi connectivity index (χ2v) is 8.68. The quantitative estimate of drug-likeness (QED) is 0.740. The maximum absolute atomic E-state index is 11.3. The Morgan fingerprint density at radius 2 is 2.00 bits per heavy atom. The van der Waals surface area contributed by atoms with Crippen molar-refractivity contribution in [2.24, 2.45) is 5.73 Å². The number of rotatable bonds is 8. The number of hydrogen-bond donors (Lipinski definition) is 1. The van der Waals surface area contributed by atoms with Crippen LogP contribution in [0.5, 0.6) is 0 Å². The fraction of sp³-hybridized carbons (Fsp3) is 1.00. The summed E-state index contributed by atoms with van der Waals surface area (Å²) in [6.07, 6.45) is 6.94. The highest BCUT2D eigenvalue weighted by Crippen LogP contribution is 2.29. The van der Waals surface area contributed by atoms with Gasteiger partial charge in [0.15, 0.2) is 0 Å². The summed E-state index contributed by atoms with van der Waals surface area (Å²) in [7, 11) is -2.81. The molecule has 1 unspecified atom stereocenters. The van der Waals surface area contributed by atoms with Crippen LogP contribution in [0.3, 0.4) is 0 Å². The normalized spacial score (nSPS) is 19.6. The van der Waals surface area contributed by atoms with Crippen molar-refractivity contribution in [3.63, 3.8) is 0 Å². The lowest BCUT2D eigenvalue weighted by Gasteiger charge is -2.14. The van der Waals surface area contributed by atoms with Crippen LogP contribution in [0.25, 0.3) is 0 Å². The Hall–Kier alpha value is 0.260. The first-order chi connectivity index (χ1) is 8.03. The van der Waals surface area contributed by atoms with E-state index in [0.29, 0.717) is 12.2 Å². The summed E-state index contributed by atoms with van der Waals surface area (Å²) in [5.41, 5.74) is 6.01. The van der Waals surface area contributed by atoms with Gasteiger partial charge < -0.3 is 5.73 Å². The molecule has 1 atom stereocenters. The standard InChI is InChI=1S/C12H25NO2S2/c1-2-17(14,15)9-5-6-11(13)10-16-12-7-3-4-8-12/h11-12H,2-10,13H2,1H3. The molecule has 0 radical (unpaired) electrons. The van der Waals surface area contributed by atoms with Gasteiger partial charge in [-0.15, -0.1) is 0 Å². The number of hydrogen-bond acceptors (Lipinski definition) is 4. The molecule has 0 aromatic rings. The molecule has 5 heteroatoms. The van der Waals surface area contributed by atoms with Crippen LogP contribution < -0.4 is 5.73 Å². The Balaban J connectivity index is 2.06. The minimum Gasteiger partial charge on any atom is -0.327 e. The summed E-state index contributed by atoms with van der Waals surface area (Å²) in [6.45, 7) is 1.70. The topological polar surface area (TPSA) is 60.2 Å². The van der Waals surface area contributed by atoms with Gasteiger partial charge in [-0.3, -0.25) is 0 Å². The van der Waals surface area contributed by atoms with E-state index >= 15 is 0 Å². The minimum atomic E-state index is -2.81.